The summed E-state index contributed by atoms with van der Waals surface area (Å²) in [5.41, 5.74) is 0.996. The lowest BCUT2D eigenvalue weighted by Crippen LogP contribution is -1.94. The number of nitrogens with zero attached hydrogens (tertiary/aromatic N) is 2. The van der Waals surface area contributed by atoms with Gasteiger partial charge in [0.1, 0.15) is 10.2 Å². The monoisotopic (exact) mass is 292 g/mol. The molecule has 0 saturated heterocycles. The highest BCUT2D eigenvalue weighted by atomic mass is 35.5. The van der Waals surface area contributed by atoms with E-state index < -0.39 is 0 Å². The molecule has 0 radical (unpaired) electrons. The zero-order chi connectivity index (χ0) is 13.7. The Hall–Kier alpha value is -1.06. The molecule has 0 amide bonds. The molecule has 1 aromatic heterocycles. The Labute approximate surface area is 123 Å². The molecule has 0 bridgehead atoms. The van der Waals surface area contributed by atoms with Crippen LogP contribution in [0.3, 0.4) is 0 Å². The maximum Gasteiger partial charge on any atom is 0.162 e. The summed E-state index contributed by atoms with van der Waals surface area (Å²) in [6.45, 7) is 4.45. The molecule has 2 rings (SSSR count). The fourth-order valence-corrected chi connectivity index (χ4v) is 2.98. The topological polar surface area (TPSA) is 25.8 Å². The van der Waals surface area contributed by atoms with Gasteiger partial charge in [-0.1, -0.05) is 55.8 Å². The number of halogens is 1. The quantitative estimate of drug-likeness (QED) is 0.577. The number of thioether (sulfide) groups is 1. The van der Waals surface area contributed by atoms with Crippen molar-refractivity contribution in [3.63, 3.8) is 0 Å². The first-order chi connectivity index (χ1) is 9.15. The summed E-state index contributed by atoms with van der Waals surface area (Å²) in [6.07, 6.45) is 1.17. The number of benzene rings is 1. The molecule has 2 aromatic rings. The van der Waals surface area contributed by atoms with Gasteiger partial charge in [-0.25, -0.2) is 9.97 Å². The summed E-state index contributed by atoms with van der Waals surface area (Å²) in [5.74, 6) is 2.46. The largest absolute Gasteiger partial charge is 0.222 e. The Balaban J connectivity index is 2.16. The van der Waals surface area contributed by atoms with Crippen molar-refractivity contribution in [3.8, 4) is 11.4 Å². The third-order valence-electron chi connectivity index (χ3n) is 2.65. The maximum absolute atomic E-state index is 6.08. The van der Waals surface area contributed by atoms with Gasteiger partial charge in [0.2, 0.25) is 0 Å². The second kappa shape index (κ2) is 6.92. The van der Waals surface area contributed by atoms with Gasteiger partial charge in [-0.05, 0) is 18.1 Å². The van der Waals surface area contributed by atoms with E-state index in [1.807, 2.05) is 36.4 Å². The maximum atomic E-state index is 6.08. The highest BCUT2D eigenvalue weighted by Gasteiger charge is 2.06. The summed E-state index contributed by atoms with van der Waals surface area (Å²) in [7, 11) is 0. The van der Waals surface area contributed by atoms with E-state index in [0.29, 0.717) is 16.9 Å². The molecule has 0 spiro atoms. The molecule has 0 saturated carbocycles. The van der Waals surface area contributed by atoms with Crippen molar-refractivity contribution in [2.24, 2.45) is 5.92 Å². The molecule has 0 atom stereocenters. The van der Waals surface area contributed by atoms with Crippen LogP contribution >= 0.6 is 23.4 Å². The number of hydrogen-bond acceptors (Lipinski definition) is 3. The van der Waals surface area contributed by atoms with Crippen molar-refractivity contribution < 1.29 is 0 Å². The Morgan fingerprint density at radius 3 is 2.58 bits per heavy atom. The zero-order valence-corrected chi connectivity index (χ0v) is 12.7. The third-order valence-corrected chi connectivity index (χ3v) is 3.79. The summed E-state index contributed by atoms with van der Waals surface area (Å²) in [6, 6.07) is 11.8. The highest BCUT2D eigenvalue weighted by molar-refractivity contribution is 7.99. The van der Waals surface area contributed by atoms with Gasteiger partial charge in [0.25, 0.3) is 0 Å². The standard InChI is InChI=1S/C15H17ClN2S/c1-11(2)8-9-19-14-10-13(16)17-15(18-14)12-6-4-3-5-7-12/h3-7,10-11H,8-9H2,1-2H3. The first kappa shape index (κ1) is 14.4. The second-order valence-corrected chi connectivity index (χ2v) is 6.25. The van der Waals surface area contributed by atoms with E-state index in [-0.39, 0.29) is 0 Å². The molecule has 0 aliphatic heterocycles. The molecule has 0 aliphatic rings. The van der Waals surface area contributed by atoms with Crippen molar-refractivity contribution >= 4 is 23.4 Å². The molecular formula is C15H17ClN2S. The molecular weight excluding hydrogens is 276 g/mol. The molecule has 0 aliphatic carbocycles. The van der Waals surface area contributed by atoms with E-state index in [2.05, 4.69) is 23.8 Å². The van der Waals surface area contributed by atoms with E-state index in [1.165, 1.54) is 6.42 Å². The van der Waals surface area contributed by atoms with Gasteiger partial charge < -0.3 is 0 Å². The van der Waals surface area contributed by atoms with Crippen LogP contribution in [0.1, 0.15) is 20.3 Å². The summed E-state index contributed by atoms with van der Waals surface area (Å²) < 4.78 is 0. The average molecular weight is 293 g/mol. The van der Waals surface area contributed by atoms with E-state index in [9.17, 15) is 0 Å². The molecule has 4 heteroatoms. The number of hydrogen-bond donors (Lipinski definition) is 0. The van der Waals surface area contributed by atoms with Crippen molar-refractivity contribution in [1.82, 2.24) is 9.97 Å². The van der Waals surface area contributed by atoms with E-state index in [0.717, 1.165) is 16.3 Å². The van der Waals surface area contributed by atoms with Gasteiger partial charge in [-0.2, -0.15) is 0 Å². The fourth-order valence-electron chi connectivity index (χ4n) is 1.59. The van der Waals surface area contributed by atoms with E-state index in [4.69, 9.17) is 11.6 Å². The number of rotatable bonds is 5. The van der Waals surface area contributed by atoms with E-state index >= 15 is 0 Å². The minimum Gasteiger partial charge on any atom is -0.222 e. The summed E-state index contributed by atoms with van der Waals surface area (Å²) in [4.78, 5) is 8.86. The van der Waals surface area contributed by atoms with E-state index in [1.54, 1.807) is 11.8 Å². The Morgan fingerprint density at radius 1 is 1.16 bits per heavy atom. The van der Waals surface area contributed by atoms with Gasteiger partial charge in [-0.3, -0.25) is 0 Å². The van der Waals surface area contributed by atoms with Crippen molar-refractivity contribution in [2.75, 3.05) is 5.75 Å². The second-order valence-electron chi connectivity index (χ2n) is 4.75. The van der Waals surface area contributed by atoms with Crippen LogP contribution < -0.4 is 0 Å². The predicted octanol–water partition coefficient (Wildman–Crippen LogP) is 4.94. The molecule has 1 aromatic carbocycles. The molecule has 0 unspecified atom stereocenters. The molecule has 0 fully saturated rings. The molecule has 2 nitrogen and oxygen atoms in total. The average Bonchev–Trinajstić information content (AvgIpc) is 2.39. The Morgan fingerprint density at radius 2 is 1.89 bits per heavy atom. The predicted molar refractivity (Wildman–Crippen MR) is 82.7 cm³/mol. The van der Waals surface area contributed by atoms with Crippen molar-refractivity contribution in [3.05, 3.63) is 41.6 Å². The summed E-state index contributed by atoms with van der Waals surface area (Å²) in [5, 5.41) is 1.44. The van der Waals surface area contributed by atoms with Gasteiger partial charge in [-0.15, -0.1) is 11.8 Å². The van der Waals surface area contributed by atoms with Crippen LogP contribution in [0.4, 0.5) is 0 Å². The lowest BCUT2D eigenvalue weighted by atomic mass is 10.2. The molecule has 1 heterocycles. The smallest absolute Gasteiger partial charge is 0.162 e. The van der Waals surface area contributed by atoms with Crippen LogP contribution in [0.5, 0.6) is 0 Å². The lowest BCUT2D eigenvalue weighted by molar-refractivity contribution is 0.632. The normalized spacial score (nSPS) is 10.9. The lowest BCUT2D eigenvalue weighted by Gasteiger charge is -2.06. The molecule has 100 valence electrons. The minimum absolute atomic E-state index is 0.501. The molecule has 19 heavy (non-hydrogen) atoms. The van der Waals surface area contributed by atoms with Crippen molar-refractivity contribution in [2.45, 2.75) is 25.3 Å². The third kappa shape index (κ3) is 4.51. The number of aromatic nitrogens is 2. The van der Waals surface area contributed by atoms with Gasteiger partial charge >= 0.3 is 0 Å². The molecule has 0 N–H and O–H groups in total. The zero-order valence-electron chi connectivity index (χ0n) is 11.1. The van der Waals surface area contributed by atoms with Gasteiger partial charge in [0.15, 0.2) is 5.82 Å². The van der Waals surface area contributed by atoms with Crippen LogP contribution in [-0.2, 0) is 0 Å². The first-order valence-electron chi connectivity index (χ1n) is 6.38. The Bertz CT molecular complexity index is 529. The van der Waals surface area contributed by atoms with Crippen LogP contribution in [0.25, 0.3) is 11.4 Å². The Kier molecular flexibility index (Phi) is 5.23. The van der Waals surface area contributed by atoms with Crippen LogP contribution in [0.15, 0.2) is 41.4 Å². The first-order valence-corrected chi connectivity index (χ1v) is 7.74. The van der Waals surface area contributed by atoms with Crippen LogP contribution in [-0.4, -0.2) is 15.7 Å². The van der Waals surface area contributed by atoms with Gasteiger partial charge in [0.05, 0.1) is 0 Å². The summed E-state index contributed by atoms with van der Waals surface area (Å²) >= 11 is 7.81. The van der Waals surface area contributed by atoms with Gasteiger partial charge in [0, 0.05) is 11.6 Å². The fraction of sp³-hybridized carbons (Fsp3) is 0.333. The highest BCUT2D eigenvalue weighted by Crippen LogP contribution is 2.24. The minimum atomic E-state index is 0.501. The SMILES string of the molecule is CC(C)CCSc1cc(Cl)nc(-c2ccccc2)n1. The van der Waals surface area contributed by atoms with Crippen LogP contribution in [0.2, 0.25) is 5.15 Å². The van der Waals surface area contributed by atoms with Crippen LogP contribution in [0, 0.1) is 5.92 Å². The van der Waals surface area contributed by atoms with Crippen molar-refractivity contribution in [1.29, 1.82) is 0 Å².